The Balaban J connectivity index is 2.10. The molecule has 0 aromatic heterocycles. The van der Waals surface area contributed by atoms with Gasteiger partial charge in [-0.3, -0.25) is 25.0 Å². The summed E-state index contributed by atoms with van der Waals surface area (Å²) in [6.45, 7) is 0. The van der Waals surface area contributed by atoms with Crippen LogP contribution in [0.4, 0.5) is 21.9 Å². The molecule has 0 bridgehead atoms. The molecule has 0 unspecified atom stereocenters. The number of halogens is 1. The van der Waals surface area contributed by atoms with E-state index in [-0.39, 0.29) is 22.5 Å². The maximum absolute atomic E-state index is 12.9. The lowest BCUT2D eigenvalue weighted by molar-refractivity contribution is -0.384. The standard InChI is InChI=1S/C19H15ClN4O5/c1-22(2)16-8-7-14(24(28)29)9-11(16)10-15-17(25)21-19(27)23(18(15)26)13-5-3-12(20)4-6-13/h3-10H,1-2H3,(H,21,25,27)/b15-10-. The Kier molecular flexibility index (Phi) is 5.33. The van der Waals surface area contributed by atoms with E-state index in [1.165, 1.54) is 48.5 Å². The van der Waals surface area contributed by atoms with Crippen molar-refractivity contribution in [3.05, 3.63) is 68.7 Å². The quantitative estimate of drug-likeness (QED) is 0.356. The molecule has 1 heterocycles. The van der Waals surface area contributed by atoms with E-state index in [2.05, 4.69) is 5.32 Å². The van der Waals surface area contributed by atoms with Gasteiger partial charge in [-0.2, -0.15) is 0 Å². The Hall–Kier alpha value is -3.72. The zero-order valence-corrected chi connectivity index (χ0v) is 16.1. The Bertz CT molecular complexity index is 1060. The number of nitrogens with one attached hydrogen (secondary N) is 1. The molecule has 2 aromatic carbocycles. The molecule has 0 saturated carbocycles. The Labute approximate surface area is 170 Å². The molecule has 1 aliphatic rings. The molecule has 29 heavy (non-hydrogen) atoms. The number of hydrogen-bond donors (Lipinski definition) is 1. The van der Waals surface area contributed by atoms with Crippen LogP contribution in [0.1, 0.15) is 5.56 Å². The van der Waals surface area contributed by atoms with E-state index in [9.17, 15) is 24.5 Å². The minimum atomic E-state index is -0.897. The smallest absolute Gasteiger partial charge is 0.335 e. The summed E-state index contributed by atoms with van der Waals surface area (Å²) in [6.07, 6.45) is 1.23. The summed E-state index contributed by atoms with van der Waals surface area (Å²) in [4.78, 5) is 50.5. The van der Waals surface area contributed by atoms with Gasteiger partial charge in [-0.25, -0.2) is 9.69 Å². The predicted molar refractivity (Wildman–Crippen MR) is 108 cm³/mol. The fraction of sp³-hybridized carbons (Fsp3) is 0.105. The van der Waals surface area contributed by atoms with Gasteiger partial charge in [0.25, 0.3) is 17.5 Å². The van der Waals surface area contributed by atoms with Crippen LogP contribution in [0, 0.1) is 10.1 Å². The van der Waals surface area contributed by atoms with Crippen molar-refractivity contribution >= 4 is 52.6 Å². The van der Waals surface area contributed by atoms with Crippen LogP contribution in [0.3, 0.4) is 0 Å². The van der Waals surface area contributed by atoms with Gasteiger partial charge < -0.3 is 4.90 Å². The highest BCUT2D eigenvalue weighted by Crippen LogP contribution is 2.29. The maximum atomic E-state index is 12.9. The number of nitrogens with zero attached hydrogens (tertiary/aromatic N) is 3. The second-order valence-electron chi connectivity index (χ2n) is 6.33. The van der Waals surface area contributed by atoms with Crippen molar-refractivity contribution < 1.29 is 19.3 Å². The lowest BCUT2D eigenvalue weighted by Gasteiger charge is -2.26. The van der Waals surface area contributed by atoms with Gasteiger partial charge in [-0.15, -0.1) is 0 Å². The molecule has 0 radical (unpaired) electrons. The van der Waals surface area contributed by atoms with E-state index in [1.807, 2.05) is 0 Å². The van der Waals surface area contributed by atoms with Crippen molar-refractivity contribution in [1.29, 1.82) is 0 Å². The molecule has 10 heteroatoms. The second-order valence-corrected chi connectivity index (χ2v) is 6.77. The van der Waals surface area contributed by atoms with Crippen molar-refractivity contribution in [2.75, 3.05) is 23.9 Å². The minimum Gasteiger partial charge on any atom is -0.377 e. The molecule has 4 amide bonds. The van der Waals surface area contributed by atoms with E-state index in [4.69, 9.17) is 11.6 Å². The second kappa shape index (κ2) is 7.72. The summed E-state index contributed by atoms with van der Waals surface area (Å²) in [7, 11) is 3.44. The molecule has 0 atom stereocenters. The molecule has 1 fully saturated rings. The SMILES string of the molecule is CN(C)c1ccc([N+](=O)[O-])cc1/C=C1/C(=O)NC(=O)N(c2ccc(Cl)cc2)C1=O. The summed E-state index contributed by atoms with van der Waals surface area (Å²) in [5, 5.41) is 13.6. The summed E-state index contributed by atoms with van der Waals surface area (Å²) >= 11 is 5.84. The number of anilines is 2. The topological polar surface area (TPSA) is 113 Å². The van der Waals surface area contributed by atoms with Crippen molar-refractivity contribution in [2.24, 2.45) is 0 Å². The third-order valence-corrected chi connectivity index (χ3v) is 4.44. The first-order chi connectivity index (χ1) is 13.7. The molecule has 0 aliphatic carbocycles. The molecule has 1 N–H and O–H groups in total. The fourth-order valence-electron chi connectivity index (χ4n) is 2.82. The number of benzene rings is 2. The molecular weight excluding hydrogens is 400 g/mol. The first kappa shape index (κ1) is 20.0. The van der Waals surface area contributed by atoms with Crippen LogP contribution in [0.5, 0.6) is 0 Å². The zero-order valence-electron chi connectivity index (χ0n) is 15.4. The van der Waals surface area contributed by atoms with Crippen LogP contribution in [0.2, 0.25) is 5.02 Å². The van der Waals surface area contributed by atoms with Gasteiger partial charge in [0.1, 0.15) is 5.57 Å². The normalized spacial score (nSPS) is 15.5. The van der Waals surface area contributed by atoms with Crippen LogP contribution >= 0.6 is 11.6 Å². The largest absolute Gasteiger partial charge is 0.377 e. The molecule has 2 aromatic rings. The van der Waals surface area contributed by atoms with E-state index in [1.54, 1.807) is 19.0 Å². The lowest BCUT2D eigenvalue weighted by Crippen LogP contribution is -2.54. The highest BCUT2D eigenvalue weighted by Gasteiger charge is 2.37. The van der Waals surface area contributed by atoms with Gasteiger partial charge in [-0.05, 0) is 36.4 Å². The number of hydrogen-bond acceptors (Lipinski definition) is 6. The minimum absolute atomic E-state index is 0.197. The Morgan fingerprint density at radius 3 is 2.34 bits per heavy atom. The molecule has 0 spiro atoms. The average molecular weight is 415 g/mol. The number of imide groups is 2. The zero-order chi connectivity index (χ0) is 21.3. The van der Waals surface area contributed by atoms with Crippen molar-refractivity contribution in [3.8, 4) is 0 Å². The fourth-order valence-corrected chi connectivity index (χ4v) is 2.94. The molecule has 148 valence electrons. The van der Waals surface area contributed by atoms with Crippen molar-refractivity contribution in [3.63, 3.8) is 0 Å². The number of carbonyl (C=O) groups is 3. The summed E-state index contributed by atoms with van der Waals surface area (Å²) in [5.74, 6) is -1.74. The average Bonchev–Trinajstić information content (AvgIpc) is 2.66. The first-order valence-electron chi connectivity index (χ1n) is 8.32. The summed E-state index contributed by atoms with van der Waals surface area (Å²) < 4.78 is 0. The number of urea groups is 1. The number of nitro benzene ring substituents is 1. The van der Waals surface area contributed by atoms with Gasteiger partial charge in [0.2, 0.25) is 0 Å². The number of carbonyl (C=O) groups excluding carboxylic acids is 3. The molecule has 3 rings (SSSR count). The molecule has 9 nitrogen and oxygen atoms in total. The van der Waals surface area contributed by atoms with Crippen molar-refractivity contribution in [2.45, 2.75) is 0 Å². The van der Waals surface area contributed by atoms with Gasteiger partial charge in [0.05, 0.1) is 10.6 Å². The highest BCUT2D eigenvalue weighted by molar-refractivity contribution is 6.39. The Morgan fingerprint density at radius 1 is 1.10 bits per heavy atom. The number of barbiturate groups is 1. The highest BCUT2D eigenvalue weighted by atomic mass is 35.5. The molecular formula is C19H15ClN4O5. The number of nitro groups is 1. The predicted octanol–water partition coefficient (Wildman–Crippen LogP) is 2.98. The van der Waals surface area contributed by atoms with Gasteiger partial charge >= 0.3 is 6.03 Å². The summed E-state index contributed by atoms with van der Waals surface area (Å²) in [5.41, 5.74) is 0.536. The molecule has 1 aliphatic heterocycles. The number of non-ortho nitro benzene ring substituents is 1. The van der Waals surface area contributed by atoms with E-state index in [0.717, 1.165) is 4.90 Å². The van der Waals surface area contributed by atoms with Gasteiger partial charge in [0, 0.05) is 42.5 Å². The van der Waals surface area contributed by atoms with Crippen LogP contribution < -0.4 is 15.1 Å². The Morgan fingerprint density at radius 2 is 1.76 bits per heavy atom. The van der Waals surface area contributed by atoms with Crippen LogP contribution in [-0.4, -0.2) is 36.9 Å². The number of amides is 4. The van der Waals surface area contributed by atoms with Crippen LogP contribution in [-0.2, 0) is 9.59 Å². The molecule has 1 saturated heterocycles. The van der Waals surface area contributed by atoms with E-state index < -0.39 is 22.8 Å². The first-order valence-corrected chi connectivity index (χ1v) is 8.69. The van der Waals surface area contributed by atoms with Crippen LogP contribution in [0.15, 0.2) is 48.0 Å². The van der Waals surface area contributed by atoms with E-state index in [0.29, 0.717) is 10.7 Å². The van der Waals surface area contributed by atoms with Gasteiger partial charge in [0.15, 0.2) is 0 Å². The maximum Gasteiger partial charge on any atom is 0.335 e. The van der Waals surface area contributed by atoms with Gasteiger partial charge in [-0.1, -0.05) is 11.6 Å². The van der Waals surface area contributed by atoms with Crippen LogP contribution in [0.25, 0.3) is 6.08 Å². The van der Waals surface area contributed by atoms with E-state index >= 15 is 0 Å². The number of rotatable bonds is 4. The summed E-state index contributed by atoms with van der Waals surface area (Å²) in [6, 6.07) is 9.13. The lowest BCUT2D eigenvalue weighted by atomic mass is 10.0. The van der Waals surface area contributed by atoms with Crippen molar-refractivity contribution in [1.82, 2.24) is 5.32 Å². The third kappa shape index (κ3) is 3.94. The monoisotopic (exact) mass is 414 g/mol. The third-order valence-electron chi connectivity index (χ3n) is 4.19.